The van der Waals surface area contributed by atoms with E-state index in [0.717, 1.165) is 19.3 Å². The molecule has 0 spiro atoms. The predicted octanol–water partition coefficient (Wildman–Crippen LogP) is 1.73. The molecule has 1 fully saturated rings. The second kappa shape index (κ2) is 6.33. The Morgan fingerprint density at radius 2 is 2.25 bits per heavy atom. The maximum atomic E-state index is 11.9. The van der Waals surface area contributed by atoms with Gasteiger partial charge < -0.3 is 0 Å². The van der Waals surface area contributed by atoms with E-state index in [2.05, 4.69) is 27.6 Å². The van der Waals surface area contributed by atoms with Crippen molar-refractivity contribution in [1.29, 1.82) is 0 Å². The van der Waals surface area contributed by atoms with Crippen LogP contribution >= 0.6 is 15.9 Å². The van der Waals surface area contributed by atoms with Crippen molar-refractivity contribution in [3.63, 3.8) is 0 Å². The zero-order chi connectivity index (χ0) is 12.2. The highest BCUT2D eigenvalue weighted by Crippen LogP contribution is 2.17. The summed E-state index contributed by atoms with van der Waals surface area (Å²) in [5.74, 6) is 0.473. The number of rotatable bonds is 5. The Morgan fingerprint density at radius 1 is 1.56 bits per heavy atom. The summed E-state index contributed by atoms with van der Waals surface area (Å²) in [6.07, 6.45) is 2.91. The molecule has 0 bridgehead atoms. The van der Waals surface area contributed by atoms with Crippen LogP contribution in [0.1, 0.15) is 33.1 Å². The molecule has 0 saturated carbocycles. The Hall–Kier alpha value is 0.350. The molecule has 96 valence electrons. The Bertz CT molecular complexity index is 306. The molecule has 2 unspecified atom stereocenters. The van der Waals surface area contributed by atoms with Crippen LogP contribution in [0.15, 0.2) is 0 Å². The Kier molecular flexibility index (Phi) is 5.70. The third-order valence-electron chi connectivity index (χ3n) is 2.79. The fraction of sp³-hybridized carbons (Fsp3) is 1.00. The van der Waals surface area contributed by atoms with Crippen molar-refractivity contribution in [2.75, 3.05) is 19.6 Å². The molecule has 0 radical (unpaired) electrons. The number of piperidine rings is 1. The molecular formula is C10H21BrN2O2S. The highest BCUT2D eigenvalue weighted by molar-refractivity contribution is 9.09. The third-order valence-corrected chi connectivity index (χ3v) is 4.82. The normalized spacial score (nSPS) is 25.6. The van der Waals surface area contributed by atoms with Gasteiger partial charge in [0.25, 0.3) is 10.2 Å². The van der Waals surface area contributed by atoms with Crippen molar-refractivity contribution in [2.24, 2.45) is 5.92 Å². The summed E-state index contributed by atoms with van der Waals surface area (Å²) < 4.78 is 28.0. The van der Waals surface area contributed by atoms with Crippen LogP contribution in [0.2, 0.25) is 0 Å². The number of alkyl halides is 1. The molecule has 0 aliphatic carbocycles. The molecule has 2 atom stereocenters. The first kappa shape index (κ1) is 14.4. The second-order valence-corrected chi connectivity index (χ2v) is 7.89. The van der Waals surface area contributed by atoms with E-state index in [1.54, 1.807) is 4.31 Å². The Labute approximate surface area is 107 Å². The molecule has 4 nitrogen and oxygen atoms in total. The zero-order valence-electron chi connectivity index (χ0n) is 9.95. The fourth-order valence-corrected chi connectivity index (χ4v) is 3.45. The molecular weight excluding hydrogens is 292 g/mol. The average molecular weight is 313 g/mol. The van der Waals surface area contributed by atoms with Gasteiger partial charge in [0, 0.05) is 24.5 Å². The fourth-order valence-electron chi connectivity index (χ4n) is 1.84. The molecule has 1 rings (SSSR count). The van der Waals surface area contributed by atoms with E-state index >= 15 is 0 Å². The van der Waals surface area contributed by atoms with Gasteiger partial charge in [-0.3, -0.25) is 0 Å². The number of halogens is 1. The lowest BCUT2D eigenvalue weighted by molar-refractivity contribution is 0.278. The van der Waals surface area contributed by atoms with Gasteiger partial charge in [-0.2, -0.15) is 12.7 Å². The lowest BCUT2D eigenvalue weighted by atomic mass is 10.0. The molecule has 1 heterocycles. The lowest BCUT2D eigenvalue weighted by Gasteiger charge is -2.30. The van der Waals surface area contributed by atoms with Crippen LogP contribution in [0.5, 0.6) is 0 Å². The van der Waals surface area contributed by atoms with Gasteiger partial charge in [-0.25, -0.2) is 4.72 Å². The Balaban J connectivity index is 2.43. The van der Waals surface area contributed by atoms with E-state index < -0.39 is 10.2 Å². The van der Waals surface area contributed by atoms with Crippen LogP contribution < -0.4 is 4.72 Å². The number of nitrogens with one attached hydrogen (secondary N) is 1. The number of hydrogen-bond donors (Lipinski definition) is 1. The molecule has 1 saturated heterocycles. The van der Waals surface area contributed by atoms with Gasteiger partial charge in [0.15, 0.2) is 0 Å². The maximum Gasteiger partial charge on any atom is 0.279 e. The largest absolute Gasteiger partial charge is 0.279 e. The van der Waals surface area contributed by atoms with Gasteiger partial charge in [0.2, 0.25) is 0 Å². The molecule has 1 N–H and O–H groups in total. The van der Waals surface area contributed by atoms with Gasteiger partial charge in [-0.15, -0.1) is 0 Å². The maximum absolute atomic E-state index is 11.9. The standard InChI is InChI=1S/C10H21BrN2O2S/c1-9-4-3-7-13(8-9)16(14,15)12-6-5-10(2)11/h9-10,12H,3-8H2,1-2H3. The minimum atomic E-state index is -3.25. The topological polar surface area (TPSA) is 49.4 Å². The summed E-state index contributed by atoms with van der Waals surface area (Å²) in [5.41, 5.74) is 0. The highest BCUT2D eigenvalue weighted by atomic mass is 79.9. The monoisotopic (exact) mass is 312 g/mol. The minimum absolute atomic E-state index is 0.343. The predicted molar refractivity (Wildman–Crippen MR) is 69.9 cm³/mol. The molecule has 1 aliphatic heterocycles. The van der Waals surface area contributed by atoms with Crippen molar-refractivity contribution < 1.29 is 8.42 Å². The number of hydrogen-bond acceptors (Lipinski definition) is 2. The SMILES string of the molecule is CC(Br)CCNS(=O)(=O)N1CCCC(C)C1. The molecule has 6 heteroatoms. The minimum Gasteiger partial charge on any atom is -0.202 e. The number of nitrogens with zero attached hydrogens (tertiary/aromatic N) is 1. The molecule has 1 aliphatic rings. The first-order valence-corrected chi connectivity index (χ1v) is 8.16. The van der Waals surface area contributed by atoms with E-state index in [-0.39, 0.29) is 0 Å². The van der Waals surface area contributed by atoms with Gasteiger partial charge in [-0.05, 0) is 25.2 Å². The van der Waals surface area contributed by atoms with E-state index in [4.69, 9.17) is 0 Å². The Morgan fingerprint density at radius 3 is 2.81 bits per heavy atom. The summed E-state index contributed by atoms with van der Waals surface area (Å²) in [5, 5.41) is 0. The summed E-state index contributed by atoms with van der Waals surface area (Å²) in [7, 11) is -3.25. The van der Waals surface area contributed by atoms with Crippen LogP contribution in [-0.4, -0.2) is 37.2 Å². The van der Waals surface area contributed by atoms with Crippen molar-refractivity contribution in [2.45, 2.75) is 37.9 Å². The second-order valence-electron chi connectivity index (χ2n) is 4.57. The van der Waals surface area contributed by atoms with E-state index in [0.29, 0.717) is 30.4 Å². The van der Waals surface area contributed by atoms with Crippen LogP contribution in [0, 0.1) is 5.92 Å². The first-order chi connectivity index (χ1) is 7.42. The van der Waals surface area contributed by atoms with Crippen molar-refractivity contribution >= 4 is 26.1 Å². The zero-order valence-corrected chi connectivity index (χ0v) is 12.3. The van der Waals surface area contributed by atoms with Gasteiger partial charge in [-0.1, -0.05) is 29.8 Å². The van der Waals surface area contributed by atoms with E-state index in [9.17, 15) is 8.42 Å². The van der Waals surface area contributed by atoms with E-state index in [1.165, 1.54) is 0 Å². The van der Waals surface area contributed by atoms with Crippen LogP contribution in [0.25, 0.3) is 0 Å². The molecule has 16 heavy (non-hydrogen) atoms. The molecule has 0 aromatic carbocycles. The summed E-state index contributed by atoms with van der Waals surface area (Å²) >= 11 is 3.40. The van der Waals surface area contributed by atoms with Crippen molar-refractivity contribution in [1.82, 2.24) is 9.03 Å². The van der Waals surface area contributed by atoms with E-state index in [1.807, 2.05) is 6.92 Å². The lowest BCUT2D eigenvalue weighted by Crippen LogP contribution is -2.45. The van der Waals surface area contributed by atoms with Gasteiger partial charge >= 0.3 is 0 Å². The van der Waals surface area contributed by atoms with Crippen LogP contribution in [0.3, 0.4) is 0 Å². The van der Waals surface area contributed by atoms with Crippen molar-refractivity contribution in [3.05, 3.63) is 0 Å². The quantitative estimate of drug-likeness (QED) is 0.786. The van der Waals surface area contributed by atoms with Gasteiger partial charge in [0.1, 0.15) is 0 Å². The summed E-state index contributed by atoms with van der Waals surface area (Å²) in [4.78, 5) is 0.343. The smallest absolute Gasteiger partial charge is 0.202 e. The summed E-state index contributed by atoms with van der Waals surface area (Å²) in [6, 6.07) is 0. The highest BCUT2D eigenvalue weighted by Gasteiger charge is 2.26. The van der Waals surface area contributed by atoms with Crippen molar-refractivity contribution in [3.8, 4) is 0 Å². The molecule has 0 aromatic rings. The van der Waals surface area contributed by atoms with Crippen LogP contribution in [0.4, 0.5) is 0 Å². The van der Waals surface area contributed by atoms with Gasteiger partial charge in [0.05, 0.1) is 0 Å². The van der Waals surface area contributed by atoms with Crippen LogP contribution in [-0.2, 0) is 10.2 Å². The first-order valence-electron chi connectivity index (χ1n) is 5.80. The summed E-state index contributed by atoms with van der Waals surface area (Å²) in [6.45, 7) is 5.92. The average Bonchev–Trinajstić information content (AvgIpc) is 2.16. The third kappa shape index (κ3) is 4.69. The molecule has 0 amide bonds. The molecule has 0 aromatic heterocycles.